The molecule has 109 heavy (non-hydrogen) atoms. The molecule has 0 atom stereocenters. The van der Waals surface area contributed by atoms with E-state index in [1.807, 2.05) is 69.4 Å². The van der Waals surface area contributed by atoms with Crippen LogP contribution in [0.25, 0.3) is 12.2 Å². The van der Waals surface area contributed by atoms with Crippen LogP contribution in [0.15, 0.2) is 209 Å². The van der Waals surface area contributed by atoms with Crippen molar-refractivity contribution in [1.82, 2.24) is 30.6 Å². The number of aryl methyl sites for hydroxylation is 4. The van der Waals surface area contributed by atoms with E-state index >= 15 is 0 Å². The highest BCUT2D eigenvalue weighted by molar-refractivity contribution is 7.93. The van der Waals surface area contributed by atoms with E-state index in [0.29, 0.717) is 60.4 Å². The number of sulfonamides is 2. The molecule has 12 rings (SSSR count). The molecule has 0 unspecified atom stereocenters. The van der Waals surface area contributed by atoms with Crippen molar-refractivity contribution in [2.24, 2.45) is 10.7 Å². The fourth-order valence-corrected chi connectivity index (χ4v) is 13.9. The van der Waals surface area contributed by atoms with Gasteiger partial charge in [-0.05, 0) is 192 Å². The molecule has 9 aromatic heterocycles. The summed E-state index contributed by atoms with van der Waals surface area (Å²) >= 11 is 14.9. The van der Waals surface area contributed by atoms with Crippen LogP contribution >= 0.6 is 91.0 Å². The summed E-state index contributed by atoms with van der Waals surface area (Å²) in [5.74, 6) is -4.08. The topological polar surface area (TPSA) is 468 Å². The Kier molecular flexibility index (Phi) is 38.2. The highest BCUT2D eigenvalue weighted by Crippen LogP contribution is 2.25. The van der Waals surface area contributed by atoms with Gasteiger partial charge in [-0.1, -0.05) is 49.9 Å². The number of esters is 1. The van der Waals surface area contributed by atoms with Crippen LogP contribution in [-0.4, -0.2) is 124 Å². The Hall–Kier alpha value is -11.2. The summed E-state index contributed by atoms with van der Waals surface area (Å²) < 4.78 is 59.5. The van der Waals surface area contributed by atoms with E-state index in [0.717, 1.165) is 32.7 Å². The first-order valence-electron chi connectivity index (χ1n) is 30.4. The number of halogens is 1. The zero-order valence-electron chi connectivity index (χ0n) is 57.0. The second kappa shape index (κ2) is 46.1. The fourth-order valence-electron chi connectivity index (χ4n) is 7.55. The van der Waals surface area contributed by atoms with Crippen LogP contribution in [0.1, 0.15) is 90.4 Å². The number of carbonyl (C=O) groups excluding carboxylic acids is 6. The van der Waals surface area contributed by atoms with Crippen molar-refractivity contribution < 1.29 is 80.0 Å². The van der Waals surface area contributed by atoms with Crippen LogP contribution in [0.5, 0.6) is 0 Å². The number of carboxylic acid groups (broad SMARTS) is 3. The maximum Gasteiger partial charge on any atom is 0.363 e. The van der Waals surface area contributed by atoms with Gasteiger partial charge in [-0.2, -0.15) is 0 Å². The SMILES string of the molecule is C.CC(=O)O.Cc1cc(C)nc(NS(=O)(=O)c2ccc(N)cc2)n1.Cc1cc(C)nc(NS(=O)(=O)c2ccc(NC(=O)/C(=C/c3cccs3)NC(=O)c3cccs3)cc2)n1.NCC(=O)O.O=C(Cl)c1cccs1.O=C(O)CNC(=O)c1cccs1.O=C1OC(c2cccs2)=N/C1=C\c1cccs1.O=Cc1cccs1. The molecule has 0 spiro atoms. The average molecular weight is 1670 g/mol. The van der Waals surface area contributed by atoms with Crippen molar-refractivity contribution in [3.05, 3.63) is 252 Å². The highest BCUT2D eigenvalue weighted by atomic mass is 35.5. The number of nitrogen functional groups attached to an aromatic ring is 1. The molecule has 39 heteroatoms. The van der Waals surface area contributed by atoms with E-state index in [4.69, 9.17) is 42.2 Å². The maximum atomic E-state index is 13.0. The normalized spacial score (nSPS) is 11.3. The number of hydrogen-bond acceptors (Lipinski definition) is 28. The zero-order valence-corrected chi connectivity index (χ0v) is 65.1. The van der Waals surface area contributed by atoms with E-state index in [1.54, 1.807) is 117 Å². The predicted molar refractivity (Wildman–Crippen MR) is 429 cm³/mol. The number of carboxylic acids is 3. The molecule has 572 valence electrons. The van der Waals surface area contributed by atoms with E-state index in [1.165, 1.54) is 117 Å². The highest BCUT2D eigenvalue weighted by Gasteiger charge is 2.25. The number of benzene rings is 2. The third kappa shape index (κ3) is 33.7. The number of nitrogens with one attached hydrogen (secondary N) is 5. The number of rotatable bonds is 19. The number of hydrogen-bond donors (Lipinski definition) is 10. The molecule has 10 heterocycles. The number of carbonyl (C=O) groups is 9. The van der Waals surface area contributed by atoms with Gasteiger partial charge in [-0.15, -0.1) is 79.4 Å². The van der Waals surface area contributed by atoms with Gasteiger partial charge in [0.15, 0.2) is 12.0 Å². The van der Waals surface area contributed by atoms with Gasteiger partial charge in [0.1, 0.15) is 12.2 Å². The summed E-state index contributed by atoms with van der Waals surface area (Å²) in [5.41, 5.74) is 14.0. The number of nitrogens with zero attached hydrogens (tertiary/aromatic N) is 5. The second-order valence-electron chi connectivity index (χ2n) is 20.6. The molecule has 0 fully saturated rings. The van der Waals surface area contributed by atoms with Gasteiger partial charge in [0.2, 0.25) is 17.8 Å². The molecule has 0 saturated heterocycles. The summed E-state index contributed by atoms with van der Waals surface area (Å²) in [5, 5.41) is 43.5. The average Bonchev–Trinajstić information content (AvgIpc) is 1.61. The largest absolute Gasteiger partial charge is 0.481 e. The minimum Gasteiger partial charge on any atom is -0.481 e. The maximum absolute atomic E-state index is 13.0. The monoisotopic (exact) mass is 1670 g/mol. The summed E-state index contributed by atoms with van der Waals surface area (Å²) in [7, 11) is -7.63. The van der Waals surface area contributed by atoms with Crippen LogP contribution in [0.4, 0.5) is 23.3 Å². The fraction of sp³-hybridized carbons (Fsp3) is 0.114. The van der Waals surface area contributed by atoms with Gasteiger partial charge < -0.3 is 47.5 Å². The van der Waals surface area contributed by atoms with Crippen molar-refractivity contribution in [3.63, 3.8) is 0 Å². The molecule has 0 radical (unpaired) electrons. The van der Waals surface area contributed by atoms with E-state index in [2.05, 4.69) is 56.1 Å². The van der Waals surface area contributed by atoms with Crippen LogP contribution < -0.4 is 36.9 Å². The van der Waals surface area contributed by atoms with E-state index < -0.39 is 49.8 Å². The quantitative estimate of drug-likeness (QED) is 0.0118. The number of aliphatic carboxylic acids is 3. The molecule has 0 bridgehead atoms. The zero-order chi connectivity index (χ0) is 79.3. The summed E-state index contributed by atoms with van der Waals surface area (Å²) in [6.45, 7) is 7.50. The molecule has 3 amide bonds. The molecule has 2 aromatic carbocycles. The van der Waals surface area contributed by atoms with Crippen molar-refractivity contribution in [1.29, 1.82) is 0 Å². The molecule has 1 aliphatic heterocycles. The van der Waals surface area contributed by atoms with E-state index in [-0.39, 0.29) is 65.0 Å². The first kappa shape index (κ1) is 90.2. The molecule has 12 N–H and O–H groups in total. The Labute approximate surface area is 658 Å². The molecule has 11 aromatic rings. The van der Waals surface area contributed by atoms with Crippen LogP contribution in [0, 0.1) is 27.7 Å². The Morgan fingerprint density at radius 1 is 0.560 bits per heavy atom. The molecule has 1 aliphatic rings. The molecule has 0 saturated carbocycles. The minimum atomic E-state index is -3.94. The Morgan fingerprint density at radius 3 is 1.36 bits per heavy atom. The first-order valence-corrected chi connectivity index (χ1v) is 39.9. The van der Waals surface area contributed by atoms with Crippen LogP contribution in [0.2, 0.25) is 0 Å². The number of thiophene rings is 7. The summed E-state index contributed by atoms with van der Waals surface area (Å²) in [6, 6.07) is 40.3. The van der Waals surface area contributed by atoms with Gasteiger partial charge >= 0.3 is 17.9 Å². The number of aldehydes is 1. The van der Waals surface area contributed by atoms with Gasteiger partial charge in [0, 0.05) is 50.8 Å². The van der Waals surface area contributed by atoms with Gasteiger partial charge in [-0.25, -0.2) is 56.0 Å². The second-order valence-corrected chi connectivity index (χ2v) is 31.0. The summed E-state index contributed by atoms with van der Waals surface area (Å²) in [4.78, 5) is 122. The lowest BCUT2D eigenvalue weighted by Gasteiger charge is -2.11. The number of nitrogens with two attached hydrogens (primary N) is 2. The smallest absolute Gasteiger partial charge is 0.363 e. The number of amides is 3. The Morgan fingerprint density at radius 2 is 0.972 bits per heavy atom. The lowest BCUT2D eigenvalue weighted by molar-refractivity contribution is -0.136. The van der Waals surface area contributed by atoms with Crippen LogP contribution in [0.3, 0.4) is 0 Å². The molecular formula is C70H69ClN12O17S9. The first-order chi connectivity index (χ1) is 51.3. The Balaban J connectivity index is 0.000000292. The number of anilines is 4. The standard InChI is InChI=1S/C24H21N5O4S3.C12H14N4O2S.C12H7NO2S2.C7H7NO3S.C5H3ClOS.C5H4OS.C2H5NO2.C2H4O2.CH4/c1-15-13-16(2)26-24(25-15)29-36(32,33)19-9-7-17(8-10-19)27-22(30)20(14-18-5-3-11-34-18)28-23(31)21-6-4-12-35-21;1-8-7-9(2)15-12(14-8)16-19(17,18)11-5-3-10(13)4-6-11;14-12-9(7-8-3-1-5-16-8)13-11(15-12)10-4-2-6-17-10;9-6(10)4-8-7(11)5-2-1-3-12-5;6-5(7)4-2-1-3-8-4;6-4-5-2-1-3-7-5;3-1-2(4)5;1-2(3)4;/h3-14H,1-2H3,(H,27,30)(H,28,31)(H,25,26,29);3-7H,13H2,1-2H3,(H,14,15,16);1-7H;1-3H,4H2,(H,8,11)(H,9,10);1-3H;1-4H;1,3H2,(H,4,5);1H3,(H,3,4);1H4/b20-14-;;9-7-;;;;;;. The predicted octanol–water partition coefficient (Wildman–Crippen LogP) is 13.1. The lowest BCUT2D eigenvalue weighted by atomic mass is 10.2. The molecule has 0 aliphatic carbocycles. The van der Waals surface area contributed by atoms with E-state index in [9.17, 15) is 55.2 Å². The molecular weight excluding hydrogens is 1600 g/mol. The molecule has 29 nitrogen and oxygen atoms in total. The number of aliphatic imine (C=N–C) groups is 1. The van der Waals surface area contributed by atoms with Crippen molar-refractivity contribution in [2.45, 2.75) is 51.8 Å². The van der Waals surface area contributed by atoms with Crippen molar-refractivity contribution in [3.8, 4) is 0 Å². The summed E-state index contributed by atoms with van der Waals surface area (Å²) in [6.07, 6.45) is 4.18. The third-order valence-electron chi connectivity index (χ3n) is 12.0. The van der Waals surface area contributed by atoms with Crippen molar-refractivity contribution in [2.75, 3.05) is 33.6 Å². The third-order valence-corrected chi connectivity index (χ3v) is 20.9. The van der Waals surface area contributed by atoms with Gasteiger partial charge in [-0.3, -0.25) is 38.4 Å². The number of cyclic esters (lactones) is 1. The Bertz CT molecular complexity index is 5040. The minimum absolute atomic E-state index is 0. The number of ether oxygens (including phenoxy) is 1. The van der Waals surface area contributed by atoms with Crippen LogP contribution in [-0.2, 0) is 48.8 Å². The van der Waals surface area contributed by atoms with Crippen molar-refractivity contribution >= 4 is 205 Å². The number of aromatic nitrogens is 4. The van der Waals surface area contributed by atoms with Gasteiger partial charge in [0.25, 0.3) is 49.0 Å². The van der Waals surface area contributed by atoms with Gasteiger partial charge in [0.05, 0.1) is 40.7 Å². The lowest BCUT2D eigenvalue weighted by Crippen LogP contribution is -2.30.